The van der Waals surface area contributed by atoms with Crippen LogP contribution in [0.1, 0.15) is 38.5 Å². The van der Waals surface area contributed by atoms with Gasteiger partial charge in [-0.05, 0) is 62.6 Å². The van der Waals surface area contributed by atoms with Crippen LogP contribution in [0.5, 0.6) is 11.8 Å². The van der Waals surface area contributed by atoms with Crippen molar-refractivity contribution < 1.29 is 19.1 Å². The Morgan fingerprint density at radius 2 is 1.65 bits per heavy atom. The number of hydrogen-bond acceptors (Lipinski definition) is 7. The summed E-state index contributed by atoms with van der Waals surface area (Å²) in [6.45, 7) is 3.71. The second kappa shape index (κ2) is 10.0. The monoisotopic (exact) mass is 476 g/mol. The first kappa shape index (κ1) is 23.4. The predicted octanol–water partition coefficient (Wildman–Crippen LogP) is 4.24. The molecule has 0 radical (unpaired) electrons. The summed E-state index contributed by atoms with van der Waals surface area (Å²) in [6.07, 6.45) is 2.25. The van der Waals surface area contributed by atoms with Crippen LogP contribution in [0.3, 0.4) is 0 Å². The molecule has 9 heteroatoms. The molecule has 1 aliphatic heterocycles. The van der Waals surface area contributed by atoms with Crippen molar-refractivity contribution in [2.75, 3.05) is 17.3 Å². The maximum Gasteiger partial charge on any atom is 0.322 e. The van der Waals surface area contributed by atoms with Crippen molar-refractivity contribution in [2.24, 2.45) is 0 Å². The van der Waals surface area contributed by atoms with Gasteiger partial charge in [0.2, 0.25) is 5.91 Å². The summed E-state index contributed by atoms with van der Waals surface area (Å²) < 4.78 is 5.77. The molecule has 3 amide bonds. The lowest BCUT2D eigenvalue weighted by molar-refractivity contribution is -0.120. The third-order valence-corrected chi connectivity index (χ3v) is 5.95. The van der Waals surface area contributed by atoms with Crippen LogP contribution in [0, 0.1) is 13.8 Å². The van der Waals surface area contributed by atoms with Crippen LogP contribution in [0.4, 0.5) is 5.69 Å². The van der Waals surface area contributed by atoms with Crippen molar-refractivity contribution in [3.63, 3.8) is 0 Å². The van der Waals surface area contributed by atoms with E-state index in [9.17, 15) is 14.4 Å². The summed E-state index contributed by atoms with van der Waals surface area (Å²) in [4.78, 5) is 48.8. The molecule has 34 heavy (non-hydrogen) atoms. The molecule has 1 N–H and O–H groups in total. The van der Waals surface area contributed by atoms with Gasteiger partial charge in [-0.1, -0.05) is 18.2 Å². The zero-order valence-electron chi connectivity index (χ0n) is 19.1. The van der Waals surface area contributed by atoms with Gasteiger partial charge in [0.05, 0.1) is 11.1 Å². The Kier molecular flexibility index (Phi) is 6.93. The number of aryl methyl sites for hydroxylation is 2. The van der Waals surface area contributed by atoms with Gasteiger partial charge in [-0.3, -0.25) is 19.3 Å². The van der Waals surface area contributed by atoms with Gasteiger partial charge in [-0.2, -0.15) is 11.8 Å². The second-order valence-electron chi connectivity index (χ2n) is 7.88. The SMILES string of the molecule is CSCCC(C(=O)Nc1cccc(Oc2nc(C)cc(C)n2)c1)N1C(=O)c2ccccc2C1=O. The van der Waals surface area contributed by atoms with Crippen molar-refractivity contribution in [3.8, 4) is 11.8 Å². The van der Waals surface area contributed by atoms with Crippen molar-refractivity contribution in [1.82, 2.24) is 14.9 Å². The minimum Gasteiger partial charge on any atom is -0.424 e. The zero-order valence-corrected chi connectivity index (χ0v) is 19.9. The van der Waals surface area contributed by atoms with Crippen LogP contribution in [-0.4, -0.2) is 50.6 Å². The molecular formula is C25H24N4O4S. The number of carbonyl (C=O) groups excluding carboxylic acids is 3. The molecule has 0 saturated carbocycles. The molecule has 1 aliphatic rings. The largest absolute Gasteiger partial charge is 0.424 e. The summed E-state index contributed by atoms with van der Waals surface area (Å²) in [5.41, 5.74) is 2.67. The highest BCUT2D eigenvalue weighted by atomic mass is 32.2. The molecule has 174 valence electrons. The van der Waals surface area contributed by atoms with E-state index in [-0.39, 0.29) is 6.01 Å². The van der Waals surface area contributed by atoms with Gasteiger partial charge in [0.25, 0.3) is 11.8 Å². The number of fused-ring (bicyclic) bond motifs is 1. The lowest BCUT2D eigenvalue weighted by Gasteiger charge is -2.25. The first-order valence-corrected chi connectivity index (χ1v) is 12.1. The number of ether oxygens (including phenoxy) is 1. The fourth-order valence-electron chi connectivity index (χ4n) is 3.81. The van der Waals surface area contributed by atoms with E-state index in [2.05, 4.69) is 15.3 Å². The number of amides is 3. The van der Waals surface area contributed by atoms with Crippen LogP contribution >= 0.6 is 11.8 Å². The predicted molar refractivity (Wildman–Crippen MR) is 130 cm³/mol. The average molecular weight is 477 g/mol. The molecule has 2 heterocycles. The fourth-order valence-corrected chi connectivity index (χ4v) is 4.26. The van der Waals surface area contributed by atoms with Crippen molar-refractivity contribution >= 4 is 35.2 Å². The summed E-state index contributed by atoms with van der Waals surface area (Å²) in [7, 11) is 0. The van der Waals surface area contributed by atoms with Gasteiger partial charge in [-0.15, -0.1) is 0 Å². The van der Waals surface area contributed by atoms with E-state index < -0.39 is 23.8 Å². The highest BCUT2D eigenvalue weighted by Crippen LogP contribution is 2.28. The molecule has 4 rings (SSSR count). The highest BCUT2D eigenvalue weighted by Gasteiger charge is 2.42. The maximum absolute atomic E-state index is 13.3. The van der Waals surface area contributed by atoms with Gasteiger partial charge in [0.15, 0.2) is 0 Å². The minimum absolute atomic E-state index is 0.213. The lowest BCUT2D eigenvalue weighted by atomic mass is 10.1. The Morgan fingerprint density at radius 1 is 1.00 bits per heavy atom. The molecule has 1 unspecified atom stereocenters. The molecule has 0 bridgehead atoms. The van der Waals surface area contributed by atoms with Crippen LogP contribution in [0.25, 0.3) is 0 Å². The van der Waals surface area contributed by atoms with Crippen LogP contribution < -0.4 is 10.1 Å². The summed E-state index contributed by atoms with van der Waals surface area (Å²) in [5, 5.41) is 2.83. The van der Waals surface area contributed by atoms with E-state index in [1.54, 1.807) is 60.3 Å². The Balaban J connectivity index is 1.54. The van der Waals surface area contributed by atoms with E-state index >= 15 is 0 Å². The van der Waals surface area contributed by atoms with E-state index in [4.69, 9.17) is 4.74 Å². The number of nitrogens with one attached hydrogen (secondary N) is 1. The molecule has 0 aliphatic carbocycles. The first-order valence-electron chi connectivity index (χ1n) is 10.7. The standard InChI is InChI=1S/C25H24N4O4S/c1-15-13-16(2)27-25(26-15)33-18-8-6-7-17(14-18)28-22(30)21(11-12-34-3)29-23(31)19-9-4-5-10-20(19)24(29)32/h4-10,13-14,21H,11-12H2,1-3H3,(H,28,30). The molecule has 1 atom stereocenters. The number of rotatable bonds is 8. The number of benzene rings is 2. The summed E-state index contributed by atoms with van der Waals surface area (Å²) in [6, 6.07) is 14.6. The molecule has 3 aromatic rings. The molecule has 1 aromatic heterocycles. The van der Waals surface area contributed by atoms with Crippen molar-refractivity contribution in [2.45, 2.75) is 26.3 Å². The Hall–Kier alpha value is -3.72. The molecular weight excluding hydrogens is 452 g/mol. The molecule has 0 fully saturated rings. The number of aromatic nitrogens is 2. The third-order valence-electron chi connectivity index (χ3n) is 5.31. The van der Waals surface area contributed by atoms with E-state index in [1.807, 2.05) is 26.2 Å². The van der Waals surface area contributed by atoms with Crippen LogP contribution in [0.15, 0.2) is 54.6 Å². The summed E-state index contributed by atoms with van der Waals surface area (Å²) >= 11 is 1.54. The number of hydrogen-bond donors (Lipinski definition) is 1. The Labute approximate surface area is 201 Å². The highest BCUT2D eigenvalue weighted by molar-refractivity contribution is 7.98. The quantitative estimate of drug-likeness (QED) is 0.485. The lowest BCUT2D eigenvalue weighted by Crippen LogP contribution is -2.47. The third kappa shape index (κ3) is 4.94. The Bertz CT molecular complexity index is 1210. The topological polar surface area (TPSA) is 101 Å². The summed E-state index contributed by atoms with van der Waals surface area (Å²) in [5.74, 6) is -0.289. The van der Waals surface area contributed by atoms with Gasteiger partial charge < -0.3 is 10.1 Å². The van der Waals surface area contributed by atoms with Crippen molar-refractivity contribution in [1.29, 1.82) is 0 Å². The zero-order chi connectivity index (χ0) is 24.2. The molecule has 8 nitrogen and oxygen atoms in total. The van der Waals surface area contributed by atoms with Crippen LogP contribution in [0.2, 0.25) is 0 Å². The van der Waals surface area contributed by atoms with Gasteiger partial charge in [-0.25, -0.2) is 9.97 Å². The number of anilines is 1. The molecule has 2 aromatic carbocycles. The normalized spacial score (nSPS) is 13.6. The smallest absolute Gasteiger partial charge is 0.322 e. The fraction of sp³-hybridized carbons (Fsp3) is 0.240. The van der Waals surface area contributed by atoms with Gasteiger partial charge in [0.1, 0.15) is 11.8 Å². The average Bonchev–Trinajstić information content (AvgIpc) is 3.04. The molecule has 0 spiro atoms. The number of thioether (sulfide) groups is 1. The van der Waals surface area contributed by atoms with Gasteiger partial charge in [0, 0.05) is 23.1 Å². The van der Waals surface area contributed by atoms with E-state index in [1.165, 1.54) is 0 Å². The van der Waals surface area contributed by atoms with Crippen LogP contribution in [-0.2, 0) is 4.79 Å². The minimum atomic E-state index is -0.938. The number of imide groups is 1. The number of nitrogens with zero attached hydrogens (tertiary/aromatic N) is 3. The van der Waals surface area contributed by atoms with Crippen molar-refractivity contribution in [3.05, 3.63) is 77.1 Å². The first-order chi connectivity index (χ1) is 16.4. The molecule has 0 saturated heterocycles. The van der Waals surface area contributed by atoms with Gasteiger partial charge >= 0.3 is 6.01 Å². The Morgan fingerprint density at radius 3 is 2.26 bits per heavy atom. The number of carbonyl (C=O) groups is 3. The second-order valence-corrected chi connectivity index (χ2v) is 8.86. The van der Waals surface area contributed by atoms with E-state index in [0.717, 1.165) is 16.3 Å². The van der Waals surface area contributed by atoms with E-state index in [0.29, 0.717) is 34.7 Å². The maximum atomic E-state index is 13.3.